The first-order chi connectivity index (χ1) is 10.1. The summed E-state index contributed by atoms with van der Waals surface area (Å²) in [6, 6.07) is 6.97. The molecule has 2 heterocycles. The van der Waals surface area contributed by atoms with Crippen LogP contribution in [0.4, 0.5) is 4.39 Å². The normalized spacial score (nSPS) is 21.6. The zero-order chi connectivity index (χ0) is 14.8. The Bertz CT molecular complexity index is 585. The van der Waals surface area contributed by atoms with Gasteiger partial charge in [-0.1, -0.05) is 12.1 Å². The van der Waals surface area contributed by atoms with Crippen molar-refractivity contribution in [3.8, 4) is 0 Å². The lowest BCUT2D eigenvalue weighted by atomic mass is 10.1. The number of rotatable bonds is 2. The number of aliphatic imine (C=N–C) groups is 1. The van der Waals surface area contributed by atoms with E-state index in [9.17, 15) is 4.39 Å². The van der Waals surface area contributed by atoms with E-state index in [1.54, 1.807) is 6.07 Å². The Morgan fingerprint density at radius 3 is 3.10 bits per heavy atom. The van der Waals surface area contributed by atoms with Crippen molar-refractivity contribution in [3.63, 3.8) is 0 Å². The molecule has 3 rings (SSSR count). The van der Waals surface area contributed by atoms with Crippen molar-refractivity contribution in [2.75, 3.05) is 20.3 Å². The number of fused-ring (bicyclic) bond motifs is 1. The van der Waals surface area contributed by atoms with E-state index in [2.05, 4.69) is 28.8 Å². The predicted octanol–water partition coefficient (Wildman–Crippen LogP) is 2.58. The van der Waals surface area contributed by atoms with E-state index in [4.69, 9.17) is 4.74 Å². The molecule has 0 unspecified atom stereocenters. The highest BCUT2D eigenvalue weighted by Crippen LogP contribution is 2.23. The Morgan fingerprint density at radius 2 is 2.29 bits per heavy atom. The highest BCUT2D eigenvalue weighted by atomic mass is 19.1. The third-order valence-corrected chi connectivity index (χ3v) is 4.09. The summed E-state index contributed by atoms with van der Waals surface area (Å²) >= 11 is 0. The number of hydrogen-bond donors (Lipinski definition) is 0. The molecule has 21 heavy (non-hydrogen) atoms. The van der Waals surface area contributed by atoms with Crippen LogP contribution in [-0.4, -0.2) is 42.0 Å². The lowest BCUT2D eigenvalue weighted by Gasteiger charge is -2.43. The topological polar surface area (TPSA) is 28.1 Å². The molecule has 112 valence electrons. The second-order valence-electron chi connectivity index (χ2n) is 5.57. The van der Waals surface area contributed by atoms with Gasteiger partial charge in [-0.3, -0.25) is 0 Å². The van der Waals surface area contributed by atoms with Crippen molar-refractivity contribution in [3.05, 3.63) is 47.5 Å². The molecule has 0 radical (unpaired) electrons. The number of benzene rings is 1. The first kappa shape index (κ1) is 13.9. The first-order valence-electron chi connectivity index (χ1n) is 7.24. The Labute approximate surface area is 124 Å². The predicted molar refractivity (Wildman–Crippen MR) is 80.1 cm³/mol. The molecule has 0 saturated carbocycles. The molecule has 4 nitrogen and oxygen atoms in total. The Balaban J connectivity index is 1.67. The summed E-state index contributed by atoms with van der Waals surface area (Å²) in [6.07, 6.45) is 3.11. The van der Waals surface area contributed by atoms with Gasteiger partial charge in [0.1, 0.15) is 24.9 Å². The molecule has 0 aromatic heterocycles. The Hall–Kier alpha value is -2.04. The molecule has 2 aliphatic rings. The van der Waals surface area contributed by atoms with Crippen LogP contribution in [0, 0.1) is 5.82 Å². The molecule has 1 saturated heterocycles. The third-order valence-electron chi connectivity index (χ3n) is 4.09. The van der Waals surface area contributed by atoms with Crippen molar-refractivity contribution >= 4 is 5.90 Å². The van der Waals surface area contributed by atoms with Gasteiger partial charge in [0.15, 0.2) is 0 Å². The molecule has 1 aromatic rings. The lowest BCUT2D eigenvalue weighted by molar-refractivity contribution is 0.133. The summed E-state index contributed by atoms with van der Waals surface area (Å²) in [4.78, 5) is 8.93. The van der Waals surface area contributed by atoms with E-state index in [1.165, 1.54) is 12.1 Å². The quantitative estimate of drug-likeness (QED) is 0.837. The Kier molecular flexibility index (Phi) is 3.82. The molecular weight excluding hydrogens is 269 g/mol. The standard InChI is InChI=1S/C16H20FN3O/c1-12-6-7-20-11-18-15(9-16(20)19(12)2)21-10-13-4-3-5-14(17)8-13/h3-5,8-9,12H,6-7,10-11H2,1-2H3/t12-/m1/s1. The van der Waals surface area contributed by atoms with Crippen molar-refractivity contribution in [2.24, 2.45) is 4.99 Å². The largest absolute Gasteiger partial charge is 0.473 e. The van der Waals surface area contributed by atoms with Crippen LogP contribution in [0.5, 0.6) is 0 Å². The highest BCUT2D eigenvalue weighted by molar-refractivity contribution is 5.88. The summed E-state index contributed by atoms with van der Waals surface area (Å²) in [5, 5.41) is 0. The maximum absolute atomic E-state index is 13.1. The Morgan fingerprint density at radius 1 is 1.43 bits per heavy atom. The fraction of sp³-hybridized carbons (Fsp3) is 0.438. The fourth-order valence-electron chi connectivity index (χ4n) is 2.62. The van der Waals surface area contributed by atoms with Gasteiger partial charge in [0.2, 0.25) is 5.90 Å². The summed E-state index contributed by atoms with van der Waals surface area (Å²) in [6.45, 7) is 4.20. The molecule has 5 heteroatoms. The number of halogens is 1. The second-order valence-corrected chi connectivity index (χ2v) is 5.57. The zero-order valence-corrected chi connectivity index (χ0v) is 12.4. The molecule has 0 aliphatic carbocycles. The SMILES string of the molecule is C[C@@H]1CCN2CN=C(OCc3cccc(F)c3)C=C2N1C. The maximum atomic E-state index is 13.1. The summed E-state index contributed by atoms with van der Waals surface area (Å²) in [5.41, 5.74) is 0.809. The average molecular weight is 289 g/mol. The van der Waals surface area contributed by atoms with E-state index in [1.807, 2.05) is 12.1 Å². The van der Waals surface area contributed by atoms with Crippen LogP contribution in [0.1, 0.15) is 18.9 Å². The van der Waals surface area contributed by atoms with Crippen LogP contribution in [0.2, 0.25) is 0 Å². The van der Waals surface area contributed by atoms with Gasteiger partial charge in [-0.25, -0.2) is 9.38 Å². The summed E-state index contributed by atoms with van der Waals surface area (Å²) in [7, 11) is 2.10. The zero-order valence-electron chi connectivity index (χ0n) is 12.4. The minimum absolute atomic E-state index is 0.243. The highest BCUT2D eigenvalue weighted by Gasteiger charge is 2.27. The van der Waals surface area contributed by atoms with Gasteiger partial charge in [-0.15, -0.1) is 0 Å². The molecule has 2 aliphatic heterocycles. The van der Waals surface area contributed by atoms with Crippen LogP contribution in [0.15, 0.2) is 41.2 Å². The first-order valence-corrected chi connectivity index (χ1v) is 7.24. The average Bonchev–Trinajstić information content (AvgIpc) is 2.49. The van der Waals surface area contributed by atoms with E-state index >= 15 is 0 Å². The molecule has 1 atom stereocenters. The minimum atomic E-state index is -0.243. The van der Waals surface area contributed by atoms with Crippen LogP contribution >= 0.6 is 0 Å². The van der Waals surface area contributed by atoms with Crippen LogP contribution < -0.4 is 0 Å². The summed E-state index contributed by atoms with van der Waals surface area (Å²) < 4.78 is 18.8. The van der Waals surface area contributed by atoms with E-state index in [-0.39, 0.29) is 5.82 Å². The van der Waals surface area contributed by atoms with Gasteiger partial charge < -0.3 is 14.5 Å². The smallest absolute Gasteiger partial charge is 0.214 e. The minimum Gasteiger partial charge on any atom is -0.473 e. The van der Waals surface area contributed by atoms with Gasteiger partial charge >= 0.3 is 0 Å². The van der Waals surface area contributed by atoms with Crippen molar-refractivity contribution in [2.45, 2.75) is 26.0 Å². The van der Waals surface area contributed by atoms with Gasteiger partial charge in [-0.2, -0.15) is 0 Å². The van der Waals surface area contributed by atoms with Crippen LogP contribution in [0.25, 0.3) is 0 Å². The van der Waals surface area contributed by atoms with Gasteiger partial charge in [-0.05, 0) is 31.0 Å². The molecule has 1 aromatic carbocycles. The maximum Gasteiger partial charge on any atom is 0.214 e. The van der Waals surface area contributed by atoms with E-state index in [0.29, 0.717) is 25.2 Å². The van der Waals surface area contributed by atoms with Crippen LogP contribution in [-0.2, 0) is 11.3 Å². The molecule has 0 amide bonds. The number of nitrogens with zero attached hydrogens (tertiary/aromatic N) is 3. The van der Waals surface area contributed by atoms with E-state index in [0.717, 1.165) is 24.4 Å². The molecule has 0 spiro atoms. The molecular formula is C16H20FN3O. The van der Waals surface area contributed by atoms with Crippen molar-refractivity contribution in [1.29, 1.82) is 0 Å². The van der Waals surface area contributed by atoms with E-state index < -0.39 is 0 Å². The molecule has 0 bridgehead atoms. The van der Waals surface area contributed by atoms with Crippen LogP contribution in [0.3, 0.4) is 0 Å². The monoisotopic (exact) mass is 289 g/mol. The van der Waals surface area contributed by atoms with Gasteiger partial charge in [0.05, 0.1) is 0 Å². The fourth-order valence-corrected chi connectivity index (χ4v) is 2.62. The van der Waals surface area contributed by atoms with Gasteiger partial charge in [0, 0.05) is 25.7 Å². The molecule has 0 N–H and O–H groups in total. The van der Waals surface area contributed by atoms with Crippen molar-refractivity contribution < 1.29 is 9.13 Å². The third kappa shape index (κ3) is 3.01. The summed E-state index contributed by atoms with van der Waals surface area (Å²) in [5.74, 6) is 1.52. The molecule has 1 fully saturated rings. The number of ether oxygens (including phenoxy) is 1. The second kappa shape index (κ2) is 5.76. The van der Waals surface area contributed by atoms with Crippen molar-refractivity contribution in [1.82, 2.24) is 9.80 Å². The van der Waals surface area contributed by atoms with Gasteiger partial charge in [0.25, 0.3) is 0 Å². The lowest BCUT2D eigenvalue weighted by Crippen LogP contribution is -2.47. The number of hydrogen-bond acceptors (Lipinski definition) is 4.